The predicted molar refractivity (Wildman–Crippen MR) is 117 cm³/mol. The fraction of sp³-hybridized carbons (Fsp3) is 0.167. The molecule has 7 heteroatoms. The fourth-order valence-electron chi connectivity index (χ4n) is 3.94. The average Bonchev–Trinajstić information content (AvgIpc) is 3.07. The number of fused-ring (bicyclic) bond motifs is 3. The standard InChI is InChI=1S/C24H19BrFNO4/c25-20-10-9-14(11-21(20)26)22(12-23(28)29)27-24(30)31-13-19-17-7-3-1-5-15(17)16-6-2-4-8-18(16)19/h1-11,19,22H,12-13H2,(H,27,30)(H,28,29)/t22-/m0/s1. The third-order valence-electron chi connectivity index (χ3n) is 5.36. The van der Waals surface area contributed by atoms with Crippen molar-refractivity contribution in [1.29, 1.82) is 0 Å². The van der Waals surface area contributed by atoms with E-state index in [0.717, 1.165) is 22.3 Å². The van der Waals surface area contributed by atoms with Crippen molar-refractivity contribution < 1.29 is 23.8 Å². The lowest BCUT2D eigenvalue weighted by molar-refractivity contribution is -0.137. The highest BCUT2D eigenvalue weighted by Gasteiger charge is 2.29. The Morgan fingerprint density at radius 2 is 1.65 bits per heavy atom. The number of carboxylic acid groups (broad SMARTS) is 1. The number of alkyl carbamates (subject to hydrolysis) is 1. The molecular weight excluding hydrogens is 465 g/mol. The highest BCUT2D eigenvalue weighted by atomic mass is 79.9. The SMILES string of the molecule is O=C(O)C[C@H](NC(=O)OCC1c2ccccc2-c2ccccc21)c1ccc(Br)c(F)c1. The molecule has 4 rings (SSSR count). The molecule has 31 heavy (non-hydrogen) atoms. The third-order valence-corrected chi connectivity index (χ3v) is 6.00. The van der Waals surface area contributed by atoms with Crippen molar-refractivity contribution in [1.82, 2.24) is 5.32 Å². The quantitative estimate of drug-likeness (QED) is 0.475. The van der Waals surface area contributed by atoms with Gasteiger partial charge in [0.25, 0.3) is 0 Å². The summed E-state index contributed by atoms with van der Waals surface area (Å²) in [5, 5.41) is 11.8. The summed E-state index contributed by atoms with van der Waals surface area (Å²) in [5.74, 6) is -1.77. The van der Waals surface area contributed by atoms with E-state index in [1.54, 1.807) is 6.07 Å². The van der Waals surface area contributed by atoms with Crippen LogP contribution in [0.3, 0.4) is 0 Å². The number of nitrogens with one attached hydrogen (secondary N) is 1. The van der Waals surface area contributed by atoms with E-state index in [-0.39, 0.29) is 17.0 Å². The van der Waals surface area contributed by atoms with Crippen molar-refractivity contribution in [3.8, 4) is 11.1 Å². The summed E-state index contributed by atoms with van der Waals surface area (Å²) < 4.78 is 19.6. The van der Waals surface area contributed by atoms with Gasteiger partial charge in [-0.05, 0) is 55.9 Å². The minimum absolute atomic E-state index is 0.106. The molecule has 0 fully saturated rings. The summed E-state index contributed by atoms with van der Waals surface area (Å²) in [5.41, 5.74) is 4.72. The van der Waals surface area contributed by atoms with Crippen LogP contribution in [0.5, 0.6) is 0 Å². The lowest BCUT2D eigenvalue weighted by atomic mass is 9.98. The van der Waals surface area contributed by atoms with Crippen LogP contribution in [0, 0.1) is 5.82 Å². The number of hydrogen-bond acceptors (Lipinski definition) is 3. The number of hydrogen-bond donors (Lipinski definition) is 2. The van der Waals surface area contributed by atoms with Gasteiger partial charge in [-0.2, -0.15) is 0 Å². The van der Waals surface area contributed by atoms with E-state index in [1.807, 2.05) is 48.5 Å². The number of aliphatic carboxylic acids is 1. The van der Waals surface area contributed by atoms with Crippen molar-refractivity contribution in [3.05, 3.63) is 93.7 Å². The molecule has 1 atom stereocenters. The molecule has 0 heterocycles. The van der Waals surface area contributed by atoms with Gasteiger partial charge in [-0.15, -0.1) is 0 Å². The van der Waals surface area contributed by atoms with Gasteiger partial charge in [0.15, 0.2) is 0 Å². The maximum Gasteiger partial charge on any atom is 0.407 e. The maximum atomic E-state index is 13.9. The summed E-state index contributed by atoms with van der Waals surface area (Å²) in [4.78, 5) is 23.8. The molecule has 0 saturated carbocycles. The van der Waals surface area contributed by atoms with Gasteiger partial charge in [-0.3, -0.25) is 4.79 Å². The summed E-state index contributed by atoms with van der Waals surface area (Å²) in [7, 11) is 0. The second-order valence-corrected chi connectivity index (χ2v) is 8.15. The van der Waals surface area contributed by atoms with Crippen molar-refractivity contribution in [2.45, 2.75) is 18.4 Å². The van der Waals surface area contributed by atoms with Crippen LogP contribution < -0.4 is 5.32 Å². The van der Waals surface area contributed by atoms with E-state index in [9.17, 15) is 19.1 Å². The highest BCUT2D eigenvalue weighted by molar-refractivity contribution is 9.10. The van der Waals surface area contributed by atoms with E-state index in [1.165, 1.54) is 12.1 Å². The molecule has 0 spiro atoms. The number of carbonyl (C=O) groups is 2. The van der Waals surface area contributed by atoms with Gasteiger partial charge >= 0.3 is 12.1 Å². The number of amides is 1. The number of benzene rings is 3. The Morgan fingerprint density at radius 3 is 2.23 bits per heavy atom. The van der Waals surface area contributed by atoms with Crippen molar-refractivity contribution in [3.63, 3.8) is 0 Å². The van der Waals surface area contributed by atoms with E-state index < -0.39 is 30.3 Å². The zero-order chi connectivity index (χ0) is 22.0. The molecule has 1 amide bonds. The Hall–Kier alpha value is -3.19. The molecule has 0 bridgehead atoms. The van der Waals surface area contributed by atoms with Crippen LogP contribution in [-0.2, 0) is 9.53 Å². The molecule has 1 aliphatic carbocycles. The molecule has 2 N–H and O–H groups in total. The Balaban J connectivity index is 1.49. The van der Waals surface area contributed by atoms with E-state index in [2.05, 4.69) is 21.2 Å². The first-order valence-corrected chi connectivity index (χ1v) is 10.5. The second-order valence-electron chi connectivity index (χ2n) is 7.29. The number of rotatable bonds is 6. The molecular formula is C24H19BrFNO4. The zero-order valence-electron chi connectivity index (χ0n) is 16.3. The largest absolute Gasteiger partial charge is 0.481 e. The van der Waals surface area contributed by atoms with Crippen LogP contribution in [0.4, 0.5) is 9.18 Å². The van der Waals surface area contributed by atoms with Crippen molar-refractivity contribution in [2.75, 3.05) is 6.61 Å². The van der Waals surface area contributed by atoms with E-state index in [0.29, 0.717) is 5.56 Å². The maximum absolute atomic E-state index is 13.9. The molecule has 3 aromatic carbocycles. The second kappa shape index (κ2) is 8.89. The first-order chi connectivity index (χ1) is 14.9. The van der Waals surface area contributed by atoms with E-state index in [4.69, 9.17) is 4.74 Å². The third kappa shape index (κ3) is 4.46. The van der Waals surface area contributed by atoms with Gasteiger partial charge in [0.2, 0.25) is 0 Å². The molecule has 0 saturated heterocycles. The van der Waals surface area contributed by atoms with Crippen LogP contribution in [0.2, 0.25) is 0 Å². The summed E-state index contributed by atoms with van der Waals surface area (Å²) in [6.45, 7) is 0.106. The minimum atomic E-state index is -1.12. The number of halogens is 2. The number of carboxylic acids is 1. The first kappa shape index (κ1) is 21.1. The Morgan fingerprint density at radius 1 is 1.03 bits per heavy atom. The van der Waals surface area contributed by atoms with Gasteiger partial charge in [0, 0.05) is 5.92 Å². The van der Waals surface area contributed by atoms with Crippen LogP contribution in [0.25, 0.3) is 11.1 Å². The summed E-state index contributed by atoms with van der Waals surface area (Å²) >= 11 is 3.07. The smallest absolute Gasteiger partial charge is 0.407 e. The van der Waals surface area contributed by atoms with Gasteiger partial charge in [-0.25, -0.2) is 9.18 Å². The number of carbonyl (C=O) groups excluding carboxylic acids is 1. The predicted octanol–water partition coefficient (Wildman–Crippen LogP) is 5.64. The lowest BCUT2D eigenvalue weighted by Crippen LogP contribution is -2.31. The van der Waals surface area contributed by atoms with Crippen LogP contribution in [-0.4, -0.2) is 23.8 Å². The molecule has 3 aromatic rings. The van der Waals surface area contributed by atoms with Crippen molar-refractivity contribution >= 4 is 28.0 Å². The first-order valence-electron chi connectivity index (χ1n) is 9.72. The van der Waals surface area contributed by atoms with Gasteiger partial charge in [0.1, 0.15) is 12.4 Å². The summed E-state index contributed by atoms with van der Waals surface area (Å²) in [6.07, 6.45) is -1.15. The highest BCUT2D eigenvalue weighted by Crippen LogP contribution is 2.44. The Labute approximate surface area is 187 Å². The van der Waals surface area contributed by atoms with Crippen LogP contribution in [0.15, 0.2) is 71.2 Å². The van der Waals surface area contributed by atoms with Gasteiger partial charge < -0.3 is 15.2 Å². The Bertz CT molecular complexity index is 1100. The molecule has 158 valence electrons. The van der Waals surface area contributed by atoms with Gasteiger partial charge in [0.05, 0.1) is 16.9 Å². The minimum Gasteiger partial charge on any atom is -0.481 e. The molecule has 0 unspecified atom stereocenters. The van der Waals surface area contributed by atoms with Crippen LogP contribution >= 0.6 is 15.9 Å². The average molecular weight is 484 g/mol. The Kier molecular flexibility index (Phi) is 6.04. The van der Waals surface area contributed by atoms with Gasteiger partial charge in [-0.1, -0.05) is 54.6 Å². The monoisotopic (exact) mass is 483 g/mol. The molecule has 0 radical (unpaired) electrons. The fourth-order valence-corrected chi connectivity index (χ4v) is 4.18. The molecule has 1 aliphatic rings. The van der Waals surface area contributed by atoms with Crippen LogP contribution in [0.1, 0.15) is 35.1 Å². The molecule has 0 aliphatic heterocycles. The number of ether oxygens (including phenoxy) is 1. The summed E-state index contributed by atoms with van der Waals surface area (Å²) in [6, 6.07) is 19.3. The topological polar surface area (TPSA) is 75.6 Å². The van der Waals surface area contributed by atoms with Crippen molar-refractivity contribution in [2.24, 2.45) is 0 Å². The zero-order valence-corrected chi connectivity index (χ0v) is 17.9. The lowest BCUT2D eigenvalue weighted by Gasteiger charge is -2.19. The molecule has 5 nitrogen and oxygen atoms in total. The van der Waals surface area contributed by atoms with E-state index >= 15 is 0 Å². The normalized spacial score (nSPS) is 13.2. The molecule has 0 aromatic heterocycles.